The number of anilines is 1. The standard InChI is InChI=1S/C37H50N2O3.C2H6/c1-7-28(31-19-15-25-12-16-26(39-34(41)8-2)21-33(25)36(31,5)9-3)35(42)38-23(4)37(6)20-10-11-29-30-22-27(40)17-13-24(30)14-18-32(29)37;1-2/h12-13,16-17,21-22,28-29,31-32,40H,4,7-11,14-15,18-20H2,1-3,5-6H3,(H,38,42)(H,39,41);1-2H3/t28-,29?,31?,32?,36?,37?;/m0./s1. The molecule has 0 bridgehead atoms. The summed E-state index contributed by atoms with van der Waals surface area (Å²) < 4.78 is 0. The lowest BCUT2D eigenvalue weighted by Crippen LogP contribution is -2.49. The molecule has 2 amide bonds. The number of hydrogen-bond donors (Lipinski definition) is 3. The maximum atomic E-state index is 14.2. The molecule has 0 heterocycles. The van der Waals surface area contributed by atoms with Gasteiger partial charge in [-0.05, 0) is 121 Å². The quantitative estimate of drug-likeness (QED) is 0.283. The first-order valence-electron chi connectivity index (χ1n) is 17.3. The molecule has 5 unspecified atom stereocenters. The normalized spacial score (nSPS) is 27.8. The number of carbonyl (C=O) groups is 2. The molecule has 3 aliphatic carbocycles. The van der Waals surface area contributed by atoms with Crippen LogP contribution in [-0.2, 0) is 27.8 Å². The monoisotopic (exact) mass is 600 g/mol. The molecule has 5 heteroatoms. The van der Waals surface area contributed by atoms with Gasteiger partial charge in [-0.2, -0.15) is 0 Å². The number of hydrogen-bond acceptors (Lipinski definition) is 3. The Hall–Kier alpha value is -3.08. The topological polar surface area (TPSA) is 78.4 Å². The average molecular weight is 601 g/mol. The number of aryl methyl sites for hydroxylation is 2. The van der Waals surface area contributed by atoms with E-state index in [9.17, 15) is 14.7 Å². The van der Waals surface area contributed by atoms with Gasteiger partial charge < -0.3 is 15.7 Å². The summed E-state index contributed by atoms with van der Waals surface area (Å²) in [5.74, 6) is 1.31. The molecular weight excluding hydrogens is 544 g/mol. The van der Waals surface area contributed by atoms with E-state index in [1.54, 1.807) is 6.07 Å². The minimum atomic E-state index is -0.181. The molecule has 0 saturated heterocycles. The van der Waals surface area contributed by atoms with Gasteiger partial charge in [-0.1, -0.05) is 73.6 Å². The van der Waals surface area contributed by atoms with Crippen LogP contribution in [0.1, 0.15) is 128 Å². The van der Waals surface area contributed by atoms with Gasteiger partial charge in [0.1, 0.15) is 5.75 Å². The first-order chi connectivity index (χ1) is 21.0. The highest BCUT2D eigenvalue weighted by Gasteiger charge is 2.49. The zero-order chi connectivity index (χ0) is 32.2. The zero-order valence-electron chi connectivity index (χ0n) is 28.3. The van der Waals surface area contributed by atoms with Crippen LogP contribution in [0.5, 0.6) is 5.75 Å². The van der Waals surface area contributed by atoms with E-state index in [1.165, 1.54) is 22.3 Å². The fraction of sp³-hybridized carbons (Fsp3) is 0.590. The number of carbonyl (C=O) groups excluding carboxylic acids is 2. The highest BCUT2D eigenvalue weighted by atomic mass is 16.3. The Morgan fingerprint density at radius 1 is 1.00 bits per heavy atom. The minimum Gasteiger partial charge on any atom is -0.508 e. The van der Waals surface area contributed by atoms with Crippen LogP contribution in [0.15, 0.2) is 48.7 Å². The van der Waals surface area contributed by atoms with E-state index in [4.69, 9.17) is 0 Å². The molecule has 3 N–H and O–H groups in total. The van der Waals surface area contributed by atoms with E-state index in [1.807, 2.05) is 32.9 Å². The van der Waals surface area contributed by atoms with Crippen LogP contribution in [-0.4, -0.2) is 16.9 Å². The number of aromatic hydroxyl groups is 1. The van der Waals surface area contributed by atoms with Gasteiger partial charge in [-0.3, -0.25) is 9.59 Å². The van der Waals surface area contributed by atoms with E-state index in [0.717, 1.165) is 69.2 Å². The molecule has 0 radical (unpaired) electrons. The van der Waals surface area contributed by atoms with Crippen molar-refractivity contribution in [1.29, 1.82) is 0 Å². The Kier molecular flexibility index (Phi) is 10.7. The van der Waals surface area contributed by atoms with Crippen molar-refractivity contribution in [2.45, 2.75) is 124 Å². The van der Waals surface area contributed by atoms with E-state index < -0.39 is 0 Å². The average Bonchev–Trinajstić information content (AvgIpc) is 3.03. The molecule has 3 aliphatic rings. The van der Waals surface area contributed by atoms with Crippen molar-refractivity contribution in [2.75, 3.05) is 5.32 Å². The van der Waals surface area contributed by atoms with Crippen molar-refractivity contribution >= 4 is 17.5 Å². The Balaban J connectivity index is 0.00000216. The second-order valence-electron chi connectivity index (χ2n) is 13.6. The Labute approximate surface area is 266 Å². The molecule has 0 aromatic heterocycles. The van der Waals surface area contributed by atoms with E-state index in [2.05, 4.69) is 63.1 Å². The Bertz CT molecular complexity index is 1370. The second kappa shape index (κ2) is 13.9. The lowest BCUT2D eigenvalue weighted by Gasteiger charge is -2.50. The van der Waals surface area contributed by atoms with Crippen molar-refractivity contribution in [3.05, 3.63) is 70.9 Å². The molecule has 44 heavy (non-hydrogen) atoms. The molecule has 2 aromatic rings. The van der Waals surface area contributed by atoms with E-state index >= 15 is 0 Å². The van der Waals surface area contributed by atoms with E-state index in [0.29, 0.717) is 24.0 Å². The number of allylic oxidation sites excluding steroid dienone is 1. The number of benzene rings is 2. The summed E-state index contributed by atoms with van der Waals surface area (Å²) in [4.78, 5) is 26.3. The van der Waals surface area contributed by atoms with Crippen molar-refractivity contribution in [3.8, 4) is 5.75 Å². The molecule has 0 aliphatic heterocycles. The second-order valence-corrected chi connectivity index (χ2v) is 13.6. The van der Waals surface area contributed by atoms with Gasteiger partial charge in [0.15, 0.2) is 0 Å². The maximum Gasteiger partial charge on any atom is 0.227 e. The number of phenols is 1. The fourth-order valence-electron chi connectivity index (χ4n) is 8.87. The molecule has 2 aromatic carbocycles. The first-order valence-corrected chi connectivity index (χ1v) is 17.3. The van der Waals surface area contributed by atoms with Crippen molar-refractivity contribution in [2.24, 2.45) is 23.2 Å². The van der Waals surface area contributed by atoms with Crippen LogP contribution in [0.2, 0.25) is 0 Å². The summed E-state index contributed by atoms with van der Waals surface area (Å²) in [7, 11) is 0. The van der Waals surface area contributed by atoms with Crippen molar-refractivity contribution in [1.82, 2.24) is 5.32 Å². The Morgan fingerprint density at radius 2 is 1.70 bits per heavy atom. The third kappa shape index (κ3) is 6.21. The first kappa shape index (κ1) is 33.8. The van der Waals surface area contributed by atoms with Crippen LogP contribution < -0.4 is 10.6 Å². The van der Waals surface area contributed by atoms with Gasteiger partial charge in [0.05, 0.1) is 0 Å². The van der Waals surface area contributed by atoms with Crippen LogP contribution in [0.4, 0.5) is 5.69 Å². The van der Waals surface area contributed by atoms with Crippen LogP contribution in [0.25, 0.3) is 0 Å². The zero-order valence-corrected chi connectivity index (χ0v) is 28.3. The van der Waals surface area contributed by atoms with E-state index in [-0.39, 0.29) is 34.5 Å². The summed E-state index contributed by atoms with van der Waals surface area (Å²) in [5.41, 5.74) is 6.59. The highest BCUT2D eigenvalue weighted by molar-refractivity contribution is 5.90. The van der Waals surface area contributed by atoms with Gasteiger partial charge in [0.2, 0.25) is 11.8 Å². The van der Waals surface area contributed by atoms with Gasteiger partial charge in [0, 0.05) is 29.1 Å². The lowest BCUT2D eigenvalue weighted by molar-refractivity contribution is -0.128. The molecule has 5 rings (SSSR count). The molecule has 240 valence electrons. The Morgan fingerprint density at radius 3 is 2.39 bits per heavy atom. The molecule has 1 saturated carbocycles. The SMILES string of the molecule is C=C(NC(=O)[C@@H](CC)C1CCc2ccc(NC(=O)CC)cc2C1(C)CC)C1(C)CCCC2c3cc(O)ccc3CCC21.CC. The van der Waals surface area contributed by atoms with Gasteiger partial charge in [-0.25, -0.2) is 0 Å². The molecular formula is C39H56N2O3. The minimum absolute atomic E-state index is 0.0153. The van der Waals surface area contributed by atoms with Gasteiger partial charge in [0.25, 0.3) is 0 Å². The predicted molar refractivity (Wildman–Crippen MR) is 182 cm³/mol. The third-order valence-electron chi connectivity index (χ3n) is 11.6. The molecule has 6 atom stereocenters. The van der Waals surface area contributed by atoms with Crippen LogP contribution >= 0.6 is 0 Å². The van der Waals surface area contributed by atoms with Gasteiger partial charge >= 0.3 is 0 Å². The summed E-state index contributed by atoms with van der Waals surface area (Å²) in [6.07, 6.45) is 9.36. The summed E-state index contributed by atoms with van der Waals surface area (Å²) >= 11 is 0. The van der Waals surface area contributed by atoms with Crippen LogP contribution in [0.3, 0.4) is 0 Å². The van der Waals surface area contributed by atoms with Crippen LogP contribution in [0, 0.1) is 23.2 Å². The van der Waals surface area contributed by atoms with Crippen molar-refractivity contribution in [3.63, 3.8) is 0 Å². The highest BCUT2D eigenvalue weighted by Crippen LogP contribution is 2.56. The largest absolute Gasteiger partial charge is 0.508 e. The lowest BCUT2D eigenvalue weighted by atomic mass is 9.55. The number of fused-ring (bicyclic) bond motifs is 4. The number of amides is 2. The summed E-state index contributed by atoms with van der Waals surface area (Å²) in [5, 5.41) is 16.7. The maximum absolute atomic E-state index is 14.2. The summed E-state index contributed by atoms with van der Waals surface area (Å²) in [6.45, 7) is 19.4. The van der Waals surface area contributed by atoms with Crippen molar-refractivity contribution < 1.29 is 14.7 Å². The predicted octanol–water partition coefficient (Wildman–Crippen LogP) is 9.19. The smallest absolute Gasteiger partial charge is 0.227 e. The fourth-order valence-corrected chi connectivity index (χ4v) is 8.87. The number of phenolic OH excluding ortho intramolecular Hbond substituents is 1. The molecule has 5 nitrogen and oxygen atoms in total. The molecule has 1 fully saturated rings. The third-order valence-corrected chi connectivity index (χ3v) is 11.6. The summed E-state index contributed by atoms with van der Waals surface area (Å²) in [6, 6.07) is 12.2. The number of nitrogens with one attached hydrogen (secondary N) is 2. The van der Waals surface area contributed by atoms with Gasteiger partial charge in [-0.15, -0.1) is 0 Å². The molecule has 0 spiro atoms. The number of rotatable bonds is 8.